The Balaban J connectivity index is 1.54. The van der Waals surface area contributed by atoms with E-state index in [0.717, 1.165) is 63.4 Å². The van der Waals surface area contributed by atoms with Crippen LogP contribution in [-0.2, 0) is 4.79 Å². The van der Waals surface area contributed by atoms with Crippen molar-refractivity contribution in [2.45, 2.75) is 39.5 Å². The summed E-state index contributed by atoms with van der Waals surface area (Å²) in [7, 11) is 0. The minimum absolute atomic E-state index is 0.159. The van der Waals surface area contributed by atoms with Crippen molar-refractivity contribution in [2.24, 2.45) is 10.9 Å². The number of fused-ring (bicyclic) bond motifs is 2. The van der Waals surface area contributed by atoms with Crippen LogP contribution in [0, 0.1) is 5.92 Å². The summed E-state index contributed by atoms with van der Waals surface area (Å²) in [6.45, 7) is 13.3. The van der Waals surface area contributed by atoms with Gasteiger partial charge in [0.15, 0.2) is 0 Å². The van der Waals surface area contributed by atoms with Gasteiger partial charge in [-0.2, -0.15) is 0 Å². The lowest BCUT2D eigenvalue weighted by Gasteiger charge is -2.43. The van der Waals surface area contributed by atoms with E-state index in [0.29, 0.717) is 19.0 Å². The van der Waals surface area contributed by atoms with E-state index in [-0.39, 0.29) is 5.91 Å². The molecule has 5 nitrogen and oxygen atoms in total. The zero-order valence-electron chi connectivity index (χ0n) is 18.4. The molecule has 5 heteroatoms. The third-order valence-corrected chi connectivity index (χ3v) is 6.61. The Morgan fingerprint density at radius 1 is 1.37 bits per heavy atom. The number of carbonyl (C=O) groups is 1. The SMILES string of the molecule is C=C/C(=C\CCC)CN1CCC2=C(C1)C(=O)N(CC1CC=CC=C1C)C1=NCCN12. The van der Waals surface area contributed by atoms with Crippen molar-refractivity contribution >= 4 is 11.9 Å². The first-order valence-electron chi connectivity index (χ1n) is 11.3. The molecule has 160 valence electrons. The molecule has 1 amide bonds. The van der Waals surface area contributed by atoms with Gasteiger partial charge in [0.25, 0.3) is 5.91 Å². The van der Waals surface area contributed by atoms with Crippen LogP contribution in [0.5, 0.6) is 0 Å². The van der Waals surface area contributed by atoms with Gasteiger partial charge in [0, 0.05) is 50.8 Å². The number of allylic oxidation sites excluding steroid dienone is 4. The Morgan fingerprint density at radius 3 is 3.00 bits per heavy atom. The Kier molecular flexibility index (Phi) is 6.38. The third-order valence-electron chi connectivity index (χ3n) is 6.61. The molecule has 0 aromatic heterocycles. The lowest BCUT2D eigenvalue weighted by Crippen LogP contribution is -2.55. The van der Waals surface area contributed by atoms with Crippen molar-refractivity contribution < 1.29 is 4.79 Å². The molecule has 0 spiro atoms. The Labute approximate surface area is 180 Å². The summed E-state index contributed by atoms with van der Waals surface area (Å²) in [5, 5.41) is 0. The van der Waals surface area contributed by atoms with Crippen LogP contribution in [-0.4, -0.2) is 65.8 Å². The van der Waals surface area contributed by atoms with E-state index in [2.05, 4.69) is 54.5 Å². The largest absolute Gasteiger partial charge is 0.314 e. The monoisotopic (exact) mass is 406 g/mol. The summed E-state index contributed by atoms with van der Waals surface area (Å²) in [6.07, 6.45) is 14.9. The molecule has 4 aliphatic rings. The van der Waals surface area contributed by atoms with Gasteiger partial charge in [-0.15, -0.1) is 0 Å². The van der Waals surface area contributed by atoms with Gasteiger partial charge in [0.1, 0.15) is 0 Å². The molecule has 3 aliphatic heterocycles. The molecule has 4 rings (SSSR count). The van der Waals surface area contributed by atoms with Gasteiger partial charge < -0.3 is 4.90 Å². The molecule has 1 atom stereocenters. The van der Waals surface area contributed by atoms with Gasteiger partial charge in [0.05, 0.1) is 12.1 Å². The van der Waals surface area contributed by atoms with Crippen LogP contribution < -0.4 is 0 Å². The second-order valence-electron chi connectivity index (χ2n) is 8.68. The van der Waals surface area contributed by atoms with Gasteiger partial charge in [-0.3, -0.25) is 19.6 Å². The zero-order valence-corrected chi connectivity index (χ0v) is 18.4. The first-order valence-corrected chi connectivity index (χ1v) is 11.3. The number of rotatable bonds is 7. The van der Waals surface area contributed by atoms with E-state index in [1.807, 2.05) is 11.0 Å². The normalized spacial score (nSPS) is 24.7. The quantitative estimate of drug-likeness (QED) is 0.602. The summed E-state index contributed by atoms with van der Waals surface area (Å²) >= 11 is 0. The number of unbranched alkanes of at least 4 members (excludes halogenated alkanes) is 1. The molecule has 0 N–H and O–H groups in total. The third kappa shape index (κ3) is 4.08. The lowest BCUT2D eigenvalue weighted by atomic mass is 9.91. The number of aliphatic imine (C=N–C) groups is 1. The van der Waals surface area contributed by atoms with Crippen molar-refractivity contribution in [3.8, 4) is 0 Å². The number of carbonyl (C=O) groups excluding carboxylic acids is 1. The molecule has 1 unspecified atom stereocenters. The molecule has 30 heavy (non-hydrogen) atoms. The van der Waals surface area contributed by atoms with E-state index < -0.39 is 0 Å². The molecule has 0 saturated heterocycles. The number of hydrogen-bond acceptors (Lipinski definition) is 4. The number of nitrogens with zero attached hydrogens (tertiary/aromatic N) is 4. The highest BCUT2D eigenvalue weighted by molar-refractivity contribution is 6.10. The molecular weight excluding hydrogens is 372 g/mol. The highest BCUT2D eigenvalue weighted by Gasteiger charge is 2.41. The molecule has 0 aromatic rings. The lowest BCUT2D eigenvalue weighted by molar-refractivity contribution is -0.125. The fourth-order valence-electron chi connectivity index (χ4n) is 4.80. The second-order valence-corrected chi connectivity index (χ2v) is 8.68. The number of guanidine groups is 1. The fraction of sp³-hybridized carbons (Fsp3) is 0.520. The first kappa shape index (κ1) is 20.9. The summed E-state index contributed by atoms with van der Waals surface area (Å²) in [6, 6.07) is 0. The van der Waals surface area contributed by atoms with Crippen molar-refractivity contribution in [3.05, 3.63) is 59.4 Å². The maximum absolute atomic E-state index is 13.6. The van der Waals surface area contributed by atoms with E-state index in [9.17, 15) is 4.79 Å². The van der Waals surface area contributed by atoms with Crippen molar-refractivity contribution in [1.82, 2.24) is 14.7 Å². The number of amides is 1. The molecular formula is C25H34N4O. The zero-order chi connectivity index (χ0) is 21.1. The standard InChI is InChI=1S/C25H34N4O/c1-4-6-10-20(5-2)16-27-14-12-23-22(18-27)24(30)29(25-26-13-15-28(23)25)17-21-11-8-7-9-19(21)3/h5,7-10,21H,2,4,6,11-18H2,1,3H3/b20-10+. The van der Waals surface area contributed by atoms with E-state index in [1.54, 1.807) is 0 Å². The molecule has 0 fully saturated rings. The van der Waals surface area contributed by atoms with Crippen LogP contribution in [0.2, 0.25) is 0 Å². The van der Waals surface area contributed by atoms with E-state index in [4.69, 9.17) is 4.99 Å². The molecule has 0 radical (unpaired) electrons. The molecule has 3 heterocycles. The second kappa shape index (κ2) is 9.17. The fourth-order valence-corrected chi connectivity index (χ4v) is 4.80. The van der Waals surface area contributed by atoms with Crippen LogP contribution in [0.3, 0.4) is 0 Å². The van der Waals surface area contributed by atoms with Crippen LogP contribution in [0.25, 0.3) is 0 Å². The highest BCUT2D eigenvalue weighted by Crippen LogP contribution is 2.33. The van der Waals surface area contributed by atoms with Crippen LogP contribution in [0.15, 0.2) is 64.4 Å². The first-order chi connectivity index (χ1) is 14.6. The predicted molar refractivity (Wildman–Crippen MR) is 123 cm³/mol. The summed E-state index contributed by atoms with van der Waals surface area (Å²) < 4.78 is 0. The molecule has 0 bridgehead atoms. The predicted octanol–water partition coefficient (Wildman–Crippen LogP) is 3.89. The van der Waals surface area contributed by atoms with Gasteiger partial charge in [0.2, 0.25) is 5.96 Å². The Morgan fingerprint density at radius 2 is 2.23 bits per heavy atom. The van der Waals surface area contributed by atoms with Gasteiger partial charge in [-0.1, -0.05) is 55.9 Å². The average molecular weight is 407 g/mol. The average Bonchev–Trinajstić information content (AvgIpc) is 3.25. The van der Waals surface area contributed by atoms with Crippen molar-refractivity contribution in [1.29, 1.82) is 0 Å². The van der Waals surface area contributed by atoms with Crippen molar-refractivity contribution in [2.75, 3.05) is 39.3 Å². The number of hydrogen-bond donors (Lipinski definition) is 0. The summed E-state index contributed by atoms with van der Waals surface area (Å²) in [5.41, 5.74) is 4.78. The van der Waals surface area contributed by atoms with Gasteiger partial charge in [-0.05, 0) is 25.3 Å². The van der Waals surface area contributed by atoms with E-state index in [1.165, 1.54) is 16.8 Å². The van der Waals surface area contributed by atoms with E-state index >= 15 is 0 Å². The van der Waals surface area contributed by atoms with Crippen LogP contribution in [0.4, 0.5) is 0 Å². The summed E-state index contributed by atoms with van der Waals surface area (Å²) in [4.78, 5) is 25.0. The Bertz CT molecular complexity index is 860. The smallest absolute Gasteiger partial charge is 0.259 e. The van der Waals surface area contributed by atoms with Gasteiger partial charge in [-0.25, -0.2) is 0 Å². The van der Waals surface area contributed by atoms with Gasteiger partial charge >= 0.3 is 0 Å². The van der Waals surface area contributed by atoms with Crippen molar-refractivity contribution in [3.63, 3.8) is 0 Å². The summed E-state index contributed by atoms with van der Waals surface area (Å²) in [5.74, 6) is 1.41. The topological polar surface area (TPSA) is 39.2 Å². The minimum Gasteiger partial charge on any atom is -0.314 e. The van der Waals surface area contributed by atoms with Crippen LogP contribution in [0.1, 0.15) is 39.5 Å². The highest BCUT2D eigenvalue weighted by atomic mass is 16.2. The minimum atomic E-state index is 0.159. The maximum Gasteiger partial charge on any atom is 0.259 e. The molecule has 0 saturated carbocycles. The molecule has 0 aromatic carbocycles. The Hall–Kier alpha value is -2.40. The maximum atomic E-state index is 13.6. The molecule has 1 aliphatic carbocycles. The van der Waals surface area contributed by atoms with Crippen LogP contribution >= 0.6 is 0 Å².